The van der Waals surface area contributed by atoms with Crippen molar-refractivity contribution in [2.24, 2.45) is 0 Å². The van der Waals surface area contributed by atoms with Gasteiger partial charge < -0.3 is 14.4 Å². The van der Waals surface area contributed by atoms with E-state index in [0.717, 1.165) is 28.9 Å². The molecule has 3 rings (SSSR count). The van der Waals surface area contributed by atoms with Gasteiger partial charge in [-0.25, -0.2) is 4.79 Å². The molecule has 5 heteroatoms. The lowest BCUT2D eigenvalue weighted by Gasteiger charge is -2.31. The van der Waals surface area contributed by atoms with Gasteiger partial charge in [-0.1, -0.05) is 18.2 Å². The first-order chi connectivity index (χ1) is 12.3. The van der Waals surface area contributed by atoms with E-state index >= 15 is 0 Å². The fourth-order valence-electron chi connectivity index (χ4n) is 3.19. The quantitative estimate of drug-likeness (QED) is 0.815. The van der Waals surface area contributed by atoms with Crippen molar-refractivity contribution in [3.63, 3.8) is 0 Å². The molecule has 1 aromatic carbocycles. The largest absolute Gasteiger partial charge is 0.493 e. The van der Waals surface area contributed by atoms with Gasteiger partial charge >= 0.3 is 6.09 Å². The van der Waals surface area contributed by atoms with Gasteiger partial charge in [0.25, 0.3) is 0 Å². The number of carbonyl (C=O) groups is 1. The second-order valence-corrected chi connectivity index (χ2v) is 7.65. The number of para-hydroxylation sites is 1. The lowest BCUT2D eigenvalue weighted by Crippen LogP contribution is -2.37. The van der Waals surface area contributed by atoms with Crippen molar-refractivity contribution >= 4 is 6.09 Å². The van der Waals surface area contributed by atoms with Crippen LogP contribution in [-0.2, 0) is 4.74 Å². The predicted molar refractivity (Wildman–Crippen MR) is 101 cm³/mol. The molecule has 1 aromatic heterocycles. The molecule has 5 nitrogen and oxygen atoms in total. The van der Waals surface area contributed by atoms with Crippen LogP contribution in [0.2, 0.25) is 0 Å². The highest BCUT2D eigenvalue weighted by Crippen LogP contribution is 2.41. The van der Waals surface area contributed by atoms with E-state index in [4.69, 9.17) is 9.47 Å². The zero-order valence-corrected chi connectivity index (χ0v) is 15.9. The van der Waals surface area contributed by atoms with Gasteiger partial charge in [-0.05, 0) is 50.5 Å². The number of carbonyl (C=O) groups excluding carboxylic acids is 1. The Hall–Kier alpha value is -2.56. The molecule has 26 heavy (non-hydrogen) atoms. The maximum Gasteiger partial charge on any atom is 0.410 e. The van der Waals surface area contributed by atoms with Crippen molar-refractivity contribution < 1.29 is 14.3 Å². The number of fused-ring (bicyclic) bond motifs is 1. The van der Waals surface area contributed by atoms with Crippen LogP contribution < -0.4 is 4.74 Å². The SMILES string of the molecule is CN(C[C@@H]1CCOc2c(-c3ccncc3)cccc21)C(=O)OC(C)(C)C. The summed E-state index contributed by atoms with van der Waals surface area (Å²) in [6.45, 7) is 6.88. The predicted octanol–water partition coefficient (Wildman–Crippen LogP) is 4.48. The van der Waals surface area contributed by atoms with Crippen LogP contribution in [-0.4, -0.2) is 41.8 Å². The fourth-order valence-corrected chi connectivity index (χ4v) is 3.19. The molecule has 0 aliphatic carbocycles. The third-order valence-corrected chi connectivity index (χ3v) is 4.39. The molecule has 0 saturated heterocycles. The zero-order chi connectivity index (χ0) is 18.7. The Kier molecular flexibility index (Phi) is 5.16. The normalized spacial score (nSPS) is 16.4. The number of likely N-dealkylation sites (N-methyl/N-ethyl adjacent to an activating group) is 1. The highest BCUT2D eigenvalue weighted by Gasteiger charge is 2.28. The Balaban J connectivity index is 1.83. The van der Waals surface area contributed by atoms with Crippen LogP contribution in [0, 0.1) is 0 Å². The summed E-state index contributed by atoms with van der Waals surface area (Å²) >= 11 is 0. The number of hydrogen-bond donors (Lipinski definition) is 0. The Morgan fingerprint density at radius 1 is 1.27 bits per heavy atom. The summed E-state index contributed by atoms with van der Waals surface area (Å²) in [7, 11) is 1.79. The van der Waals surface area contributed by atoms with Crippen molar-refractivity contribution in [1.29, 1.82) is 0 Å². The summed E-state index contributed by atoms with van der Waals surface area (Å²) in [5.74, 6) is 1.13. The number of hydrogen-bond acceptors (Lipinski definition) is 4. The van der Waals surface area contributed by atoms with Crippen molar-refractivity contribution in [1.82, 2.24) is 9.88 Å². The van der Waals surface area contributed by atoms with Crippen LogP contribution in [0.5, 0.6) is 5.75 Å². The number of amides is 1. The van der Waals surface area contributed by atoms with Crippen molar-refractivity contribution in [2.75, 3.05) is 20.2 Å². The molecular weight excluding hydrogens is 328 g/mol. The third-order valence-electron chi connectivity index (χ3n) is 4.39. The standard InChI is InChI=1S/C21H26N2O3/c1-21(2,3)26-20(24)23(4)14-16-10-13-25-19-17(6-5-7-18(16)19)15-8-11-22-12-9-15/h5-9,11-12,16H,10,13-14H2,1-4H3/t16-/m0/s1. The second kappa shape index (κ2) is 7.36. The van der Waals surface area contributed by atoms with Crippen LogP contribution in [0.15, 0.2) is 42.7 Å². The van der Waals surface area contributed by atoms with Gasteiger partial charge in [0, 0.05) is 37.5 Å². The molecule has 0 N–H and O–H groups in total. The first kappa shape index (κ1) is 18.2. The number of pyridine rings is 1. The topological polar surface area (TPSA) is 51.7 Å². The monoisotopic (exact) mass is 354 g/mol. The number of rotatable bonds is 3. The summed E-state index contributed by atoms with van der Waals surface area (Å²) in [6, 6.07) is 10.2. The van der Waals surface area contributed by atoms with Crippen LogP contribution in [0.25, 0.3) is 11.1 Å². The minimum atomic E-state index is -0.493. The average Bonchev–Trinajstić information content (AvgIpc) is 2.61. The molecule has 2 heterocycles. The molecule has 0 fully saturated rings. The minimum Gasteiger partial charge on any atom is -0.493 e. The Bertz CT molecular complexity index is 769. The second-order valence-electron chi connectivity index (χ2n) is 7.65. The maximum absolute atomic E-state index is 12.3. The lowest BCUT2D eigenvalue weighted by molar-refractivity contribution is 0.0281. The molecule has 2 aromatic rings. The smallest absolute Gasteiger partial charge is 0.410 e. The molecule has 0 saturated carbocycles. The van der Waals surface area contributed by atoms with Gasteiger partial charge in [-0.15, -0.1) is 0 Å². The fraction of sp³-hybridized carbons (Fsp3) is 0.429. The van der Waals surface area contributed by atoms with E-state index in [1.54, 1.807) is 24.3 Å². The summed E-state index contributed by atoms with van der Waals surface area (Å²) in [5.41, 5.74) is 2.79. The van der Waals surface area contributed by atoms with Crippen LogP contribution >= 0.6 is 0 Å². The number of benzene rings is 1. The van der Waals surface area contributed by atoms with Crippen molar-refractivity contribution in [2.45, 2.75) is 38.7 Å². The van der Waals surface area contributed by atoms with E-state index in [0.29, 0.717) is 13.2 Å². The Morgan fingerprint density at radius 2 is 2.00 bits per heavy atom. The first-order valence-electron chi connectivity index (χ1n) is 8.95. The molecule has 0 spiro atoms. The summed E-state index contributed by atoms with van der Waals surface area (Å²) in [4.78, 5) is 18.0. The van der Waals surface area contributed by atoms with Gasteiger partial charge in [0.1, 0.15) is 11.4 Å². The molecule has 0 bridgehead atoms. The highest BCUT2D eigenvalue weighted by molar-refractivity contribution is 5.73. The lowest BCUT2D eigenvalue weighted by atomic mass is 9.89. The average molecular weight is 354 g/mol. The van der Waals surface area contributed by atoms with Crippen LogP contribution in [0.4, 0.5) is 4.79 Å². The molecule has 1 aliphatic rings. The molecule has 0 unspecified atom stereocenters. The zero-order valence-electron chi connectivity index (χ0n) is 15.9. The van der Waals surface area contributed by atoms with E-state index in [1.165, 1.54) is 0 Å². The molecule has 1 aliphatic heterocycles. The van der Waals surface area contributed by atoms with E-state index in [-0.39, 0.29) is 12.0 Å². The molecule has 1 atom stereocenters. The van der Waals surface area contributed by atoms with E-state index in [9.17, 15) is 4.79 Å². The van der Waals surface area contributed by atoms with E-state index < -0.39 is 5.60 Å². The van der Waals surface area contributed by atoms with E-state index in [2.05, 4.69) is 17.1 Å². The summed E-state index contributed by atoms with van der Waals surface area (Å²) < 4.78 is 11.5. The van der Waals surface area contributed by atoms with E-state index in [1.807, 2.05) is 39.0 Å². The Morgan fingerprint density at radius 3 is 2.69 bits per heavy atom. The summed E-state index contributed by atoms with van der Waals surface area (Å²) in [6.07, 6.45) is 4.15. The molecule has 0 radical (unpaired) electrons. The minimum absolute atomic E-state index is 0.220. The van der Waals surface area contributed by atoms with Crippen LogP contribution in [0.1, 0.15) is 38.7 Å². The highest BCUT2D eigenvalue weighted by atomic mass is 16.6. The van der Waals surface area contributed by atoms with Crippen molar-refractivity contribution in [3.05, 3.63) is 48.3 Å². The van der Waals surface area contributed by atoms with Gasteiger partial charge in [-0.2, -0.15) is 0 Å². The first-order valence-corrected chi connectivity index (χ1v) is 8.95. The Labute approximate surface area is 155 Å². The van der Waals surface area contributed by atoms with Crippen molar-refractivity contribution in [3.8, 4) is 16.9 Å². The van der Waals surface area contributed by atoms with Gasteiger partial charge in [0.05, 0.1) is 6.61 Å². The third kappa shape index (κ3) is 4.15. The van der Waals surface area contributed by atoms with Gasteiger partial charge in [0.15, 0.2) is 0 Å². The maximum atomic E-state index is 12.3. The van der Waals surface area contributed by atoms with Gasteiger partial charge in [-0.3, -0.25) is 4.98 Å². The molecular formula is C21H26N2O3. The van der Waals surface area contributed by atoms with Gasteiger partial charge in [0.2, 0.25) is 0 Å². The molecule has 1 amide bonds. The number of ether oxygens (including phenoxy) is 2. The molecule has 138 valence electrons. The van der Waals surface area contributed by atoms with Crippen LogP contribution in [0.3, 0.4) is 0 Å². The summed E-state index contributed by atoms with van der Waals surface area (Å²) in [5, 5.41) is 0. The number of aromatic nitrogens is 1. The number of nitrogens with zero attached hydrogens (tertiary/aromatic N) is 2.